The number of nitrogens with zero attached hydrogens (tertiary/aromatic N) is 2. The maximum absolute atomic E-state index is 11.8. The molecule has 2 aromatic rings. The quantitative estimate of drug-likeness (QED) is 0.896. The zero-order chi connectivity index (χ0) is 13.8. The lowest BCUT2D eigenvalue weighted by atomic mass is 10.1. The molecule has 0 fully saturated rings. The molecule has 0 spiro atoms. The third kappa shape index (κ3) is 3.36. The highest BCUT2D eigenvalue weighted by Crippen LogP contribution is 2.24. The number of aromatic nitrogens is 2. The normalized spacial score (nSPS) is 12.4. The van der Waals surface area contributed by atoms with Gasteiger partial charge in [-0.25, -0.2) is 4.98 Å². The fourth-order valence-corrected chi connectivity index (χ4v) is 2.19. The second-order valence-corrected chi connectivity index (χ2v) is 5.40. The van der Waals surface area contributed by atoms with E-state index in [0.29, 0.717) is 5.13 Å². The lowest BCUT2D eigenvalue weighted by Gasteiger charge is -2.13. The molecule has 0 aromatic carbocycles. The lowest BCUT2D eigenvalue weighted by molar-refractivity contribution is -0.118. The third-order valence-electron chi connectivity index (χ3n) is 2.71. The summed E-state index contributed by atoms with van der Waals surface area (Å²) in [5, 5.41) is 5.17. The van der Waals surface area contributed by atoms with Crippen LogP contribution in [-0.4, -0.2) is 21.9 Å². The molecule has 2 heterocycles. The standard InChI is InChI=1S/C13H16N4OS/c1-8(2)11(14)12(18)17-13-16-10(7-19-13)9-4-3-5-15-6-9/h3-8,11H,14H2,1-2H3,(H,16,17,18)/t11-/m0/s1. The molecule has 0 aliphatic rings. The molecule has 0 aliphatic carbocycles. The molecule has 6 heteroatoms. The smallest absolute Gasteiger partial charge is 0.243 e. The van der Waals surface area contributed by atoms with Crippen molar-refractivity contribution in [2.45, 2.75) is 19.9 Å². The van der Waals surface area contributed by atoms with E-state index < -0.39 is 6.04 Å². The molecule has 0 unspecified atom stereocenters. The number of amides is 1. The third-order valence-corrected chi connectivity index (χ3v) is 3.47. The largest absolute Gasteiger partial charge is 0.320 e. The Bertz CT molecular complexity index is 553. The van der Waals surface area contributed by atoms with Crippen LogP contribution in [-0.2, 0) is 4.79 Å². The topological polar surface area (TPSA) is 80.9 Å². The van der Waals surface area contributed by atoms with Crippen LogP contribution < -0.4 is 11.1 Å². The molecule has 0 bridgehead atoms. The molecule has 2 rings (SSSR count). The Morgan fingerprint density at radius 2 is 2.26 bits per heavy atom. The zero-order valence-electron chi connectivity index (χ0n) is 10.8. The number of nitrogens with one attached hydrogen (secondary N) is 1. The van der Waals surface area contributed by atoms with Crippen molar-refractivity contribution in [3.8, 4) is 11.3 Å². The van der Waals surface area contributed by atoms with Gasteiger partial charge in [0, 0.05) is 23.3 Å². The van der Waals surface area contributed by atoms with Crippen LogP contribution in [0.25, 0.3) is 11.3 Å². The second kappa shape index (κ2) is 5.90. The summed E-state index contributed by atoms with van der Waals surface area (Å²) < 4.78 is 0. The molecule has 0 aliphatic heterocycles. The molecule has 19 heavy (non-hydrogen) atoms. The van der Waals surface area contributed by atoms with Gasteiger partial charge in [-0.15, -0.1) is 11.3 Å². The highest BCUT2D eigenvalue weighted by molar-refractivity contribution is 7.14. The van der Waals surface area contributed by atoms with Crippen molar-refractivity contribution < 1.29 is 4.79 Å². The summed E-state index contributed by atoms with van der Waals surface area (Å²) in [5.74, 6) is -0.111. The molecule has 100 valence electrons. The van der Waals surface area contributed by atoms with Gasteiger partial charge in [-0.2, -0.15) is 0 Å². The van der Waals surface area contributed by atoms with E-state index in [1.54, 1.807) is 12.4 Å². The summed E-state index contributed by atoms with van der Waals surface area (Å²) in [6.07, 6.45) is 3.45. The Morgan fingerprint density at radius 3 is 2.89 bits per heavy atom. The van der Waals surface area contributed by atoms with Crippen LogP contribution in [0.1, 0.15) is 13.8 Å². The number of hydrogen-bond donors (Lipinski definition) is 2. The molecule has 0 saturated heterocycles. The van der Waals surface area contributed by atoms with Gasteiger partial charge in [0.25, 0.3) is 0 Å². The van der Waals surface area contributed by atoms with Gasteiger partial charge in [0.05, 0.1) is 11.7 Å². The van der Waals surface area contributed by atoms with E-state index in [-0.39, 0.29) is 11.8 Å². The van der Waals surface area contributed by atoms with Crippen LogP contribution in [0.2, 0.25) is 0 Å². The van der Waals surface area contributed by atoms with Gasteiger partial charge in [0.15, 0.2) is 5.13 Å². The molecule has 2 aromatic heterocycles. The number of pyridine rings is 1. The first kappa shape index (κ1) is 13.6. The van der Waals surface area contributed by atoms with Crippen molar-refractivity contribution in [2.75, 3.05) is 5.32 Å². The van der Waals surface area contributed by atoms with Crippen LogP contribution in [0.3, 0.4) is 0 Å². The van der Waals surface area contributed by atoms with Crippen LogP contribution in [0, 0.1) is 5.92 Å². The maximum atomic E-state index is 11.8. The Labute approximate surface area is 115 Å². The number of rotatable bonds is 4. The summed E-state index contributed by atoms with van der Waals surface area (Å²) in [6, 6.07) is 3.25. The summed E-state index contributed by atoms with van der Waals surface area (Å²) in [5.41, 5.74) is 7.50. The minimum Gasteiger partial charge on any atom is -0.320 e. The summed E-state index contributed by atoms with van der Waals surface area (Å²) in [6.45, 7) is 3.82. The predicted octanol–water partition coefficient (Wildman–Crippen LogP) is 2.13. The first-order valence-corrected chi connectivity index (χ1v) is 6.88. The fourth-order valence-electron chi connectivity index (χ4n) is 1.47. The van der Waals surface area contributed by atoms with Crippen molar-refractivity contribution in [2.24, 2.45) is 11.7 Å². The number of carbonyl (C=O) groups excluding carboxylic acids is 1. The molecule has 0 saturated carbocycles. The van der Waals surface area contributed by atoms with E-state index >= 15 is 0 Å². The molecule has 1 atom stereocenters. The highest BCUT2D eigenvalue weighted by Gasteiger charge is 2.18. The number of thiazole rings is 1. The van der Waals surface area contributed by atoms with Gasteiger partial charge >= 0.3 is 0 Å². The van der Waals surface area contributed by atoms with Gasteiger partial charge in [0.2, 0.25) is 5.91 Å². The molecule has 0 radical (unpaired) electrons. The average molecular weight is 276 g/mol. The average Bonchev–Trinajstić information content (AvgIpc) is 2.87. The minimum absolute atomic E-state index is 0.0951. The first-order chi connectivity index (χ1) is 9.08. The van der Waals surface area contributed by atoms with E-state index in [0.717, 1.165) is 11.3 Å². The van der Waals surface area contributed by atoms with Crippen molar-refractivity contribution in [1.82, 2.24) is 9.97 Å². The van der Waals surface area contributed by atoms with Crippen LogP contribution in [0.15, 0.2) is 29.9 Å². The van der Waals surface area contributed by atoms with Crippen molar-refractivity contribution in [3.05, 3.63) is 29.9 Å². The van der Waals surface area contributed by atoms with E-state index in [1.807, 2.05) is 31.4 Å². The Hall–Kier alpha value is -1.79. The van der Waals surface area contributed by atoms with E-state index in [9.17, 15) is 4.79 Å². The van der Waals surface area contributed by atoms with Crippen molar-refractivity contribution in [1.29, 1.82) is 0 Å². The number of carbonyl (C=O) groups is 1. The first-order valence-electron chi connectivity index (χ1n) is 6.00. The number of nitrogens with two attached hydrogens (primary N) is 1. The molecule has 5 nitrogen and oxygen atoms in total. The van der Waals surface area contributed by atoms with Gasteiger partial charge in [0.1, 0.15) is 0 Å². The molecular weight excluding hydrogens is 260 g/mol. The number of hydrogen-bond acceptors (Lipinski definition) is 5. The van der Waals surface area contributed by atoms with E-state index in [4.69, 9.17) is 5.73 Å². The van der Waals surface area contributed by atoms with E-state index in [1.165, 1.54) is 11.3 Å². The summed E-state index contributed by atoms with van der Waals surface area (Å²) >= 11 is 1.38. The monoisotopic (exact) mass is 276 g/mol. The highest BCUT2D eigenvalue weighted by atomic mass is 32.1. The van der Waals surface area contributed by atoms with Crippen molar-refractivity contribution in [3.63, 3.8) is 0 Å². The second-order valence-electron chi connectivity index (χ2n) is 4.54. The SMILES string of the molecule is CC(C)[C@H](N)C(=O)Nc1nc(-c2cccnc2)cs1. The Balaban J connectivity index is 2.08. The Kier molecular flexibility index (Phi) is 4.24. The summed E-state index contributed by atoms with van der Waals surface area (Å²) in [4.78, 5) is 20.2. The van der Waals surface area contributed by atoms with Gasteiger partial charge < -0.3 is 11.1 Å². The van der Waals surface area contributed by atoms with Crippen molar-refractivity contribution >= 4 is 22.4 Å². The van der Waals surface area contributed by atoms with Crippen LogP contribution >= 0.6 is 11.3 Å². The van der Waals surface area contributed by atoms with Gasteiger partial charge in [-0.3, -0.25) is 9.78 Å². The van der Waals surface area contributed by atoms with Gasteiger partial charge in [-0.1, -0.05) is 13.8 Å². The summed E-state index contributed by atoms with van der Waals surface area (Å²) in [7, 11) is 0. The molecule has 1 amide bonds. The van der Waals surface area contributed by atoms with Gasteiger partial charge in [-0.05, 0) is 18.1 Å². The Morgan fingerprint density at radius 1 is 1.47 bits per heavy atom. The molecular formula is C13H16N4OS. The van der Waals surface area contributed by atoms with Crippen LogP contribution in [0.5, 0.6) is 0 Å². The van der Waals surface area contributed by atoms with E-state index in [2.05, 4.69) is 15.3 Å². The maximum Gasteiger partial charge on any atom is 0.243 e. The minimum atomic E-state index is -0.522. The zero-order valence-corrected chi connectivity index (χ0v) is 11.6. The fraction of sp³-hybridized carbons (Fsp3) is 0.308. The van der Waals surface area contributed by atoms with Crippen LogP contribution in [0.4, 0.5) is 5.13 Å². The lowest BCUT2D eigenvalue weighted by Crippen LogP contribution is -2.39. The predicted molar refractivity (Wildman–Crippen MR) is 76.8 cm³/mol. The number of anilines is 1. The molecule has 3 N–H and O–H groups in total.